The van der Waals surface area contributed by atoms with E-state index in [0.29, 0.717) is 17.3 Å². The van der Waals surface area contributed by atoms with Crippen LogP contribution >= 0.6 is 0 Å². The lowest BCUT2D eigenvalue weighted by Gasteiger charge is -2.03. The summed E-state index contributed by atoms with van der Waals surface area (Å²) in [7, 11) is 0. The maximum Gasteiger partial charge on any atom is 0.226 e. The highest BCUT2D eigenvalue weighted by molar-refractivity contribution is 5.14. The van der Waals surface area contributed by atoms with Gasteiger partial charge >= 0.3 is 0 Å². The molecule has 16 heavy (non-hydrogen) atoms. The molecule has 2 atom stereocenters. The molecule has 1 heterocycles. The zero-order chi connectivity index (χ0) is 11.8. The molecule has 2 rings (SSSR count). The van der Waals surface area contributed by atoms with E-state index in [1.807, 2.05) is 0 Å². The first-order valence-electron chi connectivity index (χ1n) is 6.05. The predicted molar refractivity (Wildman–Crippen MR) is 62.0 cm³/mol. The van der Waals surface area contributed by atoms with Crippen molar-refractivity contribution >= 4 is 0 Å². The van der Waals surface area contributed by atoms with Gasteiger partial charge in [0.2, 0.25) is 5.89 Å². The Labute approximate surface area is 96.6 Å². The zero-order valence-corrected chi connectivity index (χ0v) is 10.4. The highest BCUT2D eigenvalue weighted by Crippen LogP contribution is 2.57. The highest BCUT2D eigenvalue weighted by Gasteiger charge is 2.49. The third kappa shape index (κ3) is 2.43. The van der Waals surface area contributed by atoms with Crippen molar-refractivity contribution in [2.45, 2.75) is 46.0 Å². The van der Waals surface area contributed by atoms with E-state index in [1.165, 1.54) is 6.42 Å². The fraction of sp³-hybridized carbons (Fsp3) is 0.833. The van der Waals surface area contributed by atoms with Gasteiger partial charge in [0.05, 0.1) is 0 Å². The summed E-state index contributed by atoms with van der Waals surface area (Å²) in [6.45, 7) is 7.34. The number of aryl methyl sites for hydroxylation is 1. The zero-order valence-electron chi connectivity index (χ0n) is 10.4. The Bertz CT molecular complexity index is 359. The number of nitrogens with two attached hydrogens (primary N) is 1. The Balaban J connectivity index is 1.88. The average molecular weight is 223 g/mol. The Kier molecular flexibility index (Phi) is 3.02. The largest absolute Gasteiger partial charge is 0.339 e. The van der Waals surface area contributed by atoms with Crippen LogP contribution in [0, 0.1) is 11.3 Å². The number of nitrogens with zero attached hydrogens (tertiary/aromatic N) is 2. The summed E-state index contributed by atoms with van der Waals surface area (Å²) >= 11 is 0. The first kappa shape index (κ1) is 11.6. The molecule has 1 aromatic heterocycles. The summed E-state index contributed by atoms with van der Waals surface area (Å²) in [6, 6.07) is 0. The second-order valence-electron chi connectivity index (χ2n) is 5.67. The number of rotatable bonds is 5. The lowest BCUT2D eigenvalue weighted by Crippen LogP contribution is -2.11. The topological polar surface area (TPSA) is 64.9 Å². The van der Waals surface area contributed by atoms with Crippen LogP contribution in [-0.4, -0.2) is 16.7 Å². The molecule has 0 saturated heterocycles. The Morgan fingerprint density at radius 1 is 1.56 bits per heavy atom. The Hall–Kier alpha value is -0.900. The van der Waals surface area contributed by atoms with Gasteiger partial charge in [0.1, 0.15) is 0 Å². The minimum atomic E-state index is 0.367. The van der Waals surface area contributed by atoms with Crippen LogP contribution in [0.4, 0.5) is 0 Å². The van der Waals surface area contributed by atoms with Crippen LogP contribution in [0.25, 0.3) is 0 Å². The third-order valence-corrected chi connectivity index (χ3v) is 3.56. The van der Waals surface area contributed by atoms with Gasteiger partial charge in [-0.05, 0) is 30.7 Å². The molecule has 1 saturated carbocycles. The molecule has 0 aromatic carbocycles. The molecule has 0 spiro atoms. The van der Waals surface area contributed by atoms with Crippen LogP contribution in [0.5, 0.6) is 0 Å². The lowest BCUT2D eigenvalue weighted by molar-refractivity contribution is 0.360. The third-order valence-electron chi connectivity index (χ3n) is 3.56. The van der Waals surface area contributed by atoms with Crippen LogP contribution in [0.3, 0.4) is 0 Å². The van der Waals surface area contributed by atoms with Gasteiger partial charge in [0.25, 0.3) is 0 Å². The molecule has 0 amide bonds. The van der Waals surface area contributed by atoms with Crippen molar-refractivity contribution in [1.82, 2.24) is 10.1 Å². The standard InChI is InChI=1S/C12H21N3O/c1-8(7-13)4-5-10-14-11(15-16-10)9-6-12(9,2)3/h8-9H,4-7,13H2,1-3H3. The second kappa shape index (κ2) is 4.17. The van der Waals surface area contributed by atoms with Gasteiger partial charge in [-0.15, -0.1) is 0 Å². The molecule has 0 bridgehead atoms. The van der Waals surface area contributed by atoms with Crippen molar-refractivity contribution < 1.29 is 4.52 Å². The van der Waals surface area contributed by atoms with Crippen molar-refractivity contribution in [3.63, 3.8) is 0 Å². The molecule has 0 radical (unpaired) electrons. The molecule has 4 nitrogen and oxygen atoms in total. The van der Waals surface area contributed by atoms with Crippen molar-refractivity contribution in [3.05, 3.63) is 11.7 Å². The summed E-state index contributed by atoms with van der Waals surface area (Å²) in [6.07, 6.45) is 3.04. The summed E-state index contributed by atoms with van der Waals surface area (Å²) in [5.41, 5.74) is 5.94. The normalized spacial score (nSPS) is 24.4. The fourth-order valence-electron chi connectivity index (χ4n) is 1.91. The summed E-state index contributed by atoms with van der Waals surface area (Å²) < 4.78 is 5.25. The van der Waals surface area contributed by atoms with Crippen molar-refractivity contribution in [2.75, 3.05) is 6.54 Å². The van der Waals surface area contributed by atoms with E-state index in [-0.39, 0.29) is 0 Å². The molecular formula is C12H21N3O. The smallest absolute Gasteiger partial charge is 0.226 e. The van der Waals surface area contributed by atoms with Crippen molar-refractivity contribution in [3.8, 4) is 0 Å². The van der Waals surface area contributed by atoms with Crippen LogP contribution in [0.1, 0.15) is 51.2 Å². The monoisotopic (exact) mass is 223 g/mol. The van der Waals surface area contributed by atoms with E-state index < -0.39 is 0 Å². The summed E-state index contributed by atoms with van der Waals surface area (Å²) in [5.74, 6) is 2.67. The molecule has 1 fully saturated rings. The van der Waals surface area contributed by atoms with Gasteiger partial charge in [-0.3, -0.25) is 0 Å². The van der Waals surface area contributed by atoms with E-state index in [1.54, 1.807) is 0 Å². The van der Waals surface area contributed by atoms with Gasteiger partial charge in [-0.1, -0.05) is 25.9 Å². The number of aromatic nitrogens is 2. The fourth-order valence-corrected chi connectivity index (χ4v) is 1.91. The van der Waals surface area contributed by atoms with Crippen molar-refractivity contribution in [2.24, 2.45) is 17.1 Å². The number of hydrogen-bond acceptors (Lipinski definition) is 4. The van der Waals surface area contributed by atoms with Crippen LogP contribution in [-0.2, 0) is 6.42 Å². The van der Waals surface area contributed by atoms with Crippen LogP contribution < -0.4 is 5.73 Å². The van der Waals surface area contributed by atoms with Gasteiger partial charge < -0.3 is 10.3 Å². The molecule has 2 unspecified atom stereocenters. The predicted octanol–water partition coefficient (Wildman–Crippen LogP) is 2.11. The molecule has 4 heteroatoms. The van der Waals surface area contributed by atoms with Crippen LogP contribution in [0.2, 0.25) is 0 Å². The molecule has 2 N–H and O–H groups in total. The highest BCUT2D eigenvalue weighted by atomic mass is 16.5. The maximum absolute atomic E-state index is 5.57. The van der Waals surface area contributed by atoms with Gasteiger partial charge in [0, 0.05) is 12.3 Å². The average Bonchev–Trinajstić information content (AvgIpc) is 2.70. The van der Waals surface area contributed by atoms with E-state index in [4.69, 9.17) is 10.3 Å². The SMILES string of the molecule is CC(CN)CCc1nc(C2CC2(C)C)no1. The van der Waals surface area contributed by atoms with Crippen molar-refractivity contribution in [1.29, 1.82) is 0 Å². The van der Waals surface area contributed by atoms with E-state index in [9.17, 15) is 0 Å². The molecule has 1 aliphatic rings. The molecular weight excluding hydrogens is 202 g/mol. The van der Waals surface area contributed by atoms with Gasteiger partial charge in [-0.25, -0.2) is 0 Å². The second-order valence-corrected chi connectivity index (χ2v) is 5.67. The number of hydrogen-bond donors (Lipinski definition) is 1. The van der Waals surface area contributed by atoms with E-state index in [2.05, 4.69) is 30.9 Å². The van der Waals surface area contributed by atoms with E-state index >= 15 is 0 Å². The minimum absolute atomic E-state index is 0.367. The molecule has 0 aliphatic heterocycles. The van der Waals surface area contributed by atoms with E-state index in [0.717, 1.165) is 31.1 Å². The van der Waals surface area contributed by atoms with Crippen LogP contribution in [0.15, 0.2) is 4.52 Å². The lowest BCUT2D eigenvalue weighted by atomic mass is 10.1. The first-order chi connectivity index (χ1) is 7.53. The molecule has 1 aliphatic carbocycles. The maximum atomic E-state index is 5.57. The summed E-state index contributed by atoms with van der Waals surface area (Å²) in [4.78, 5) is 4.46. The minimum Gasteiger partial charge on any atom is -0.339 e. The Morgan fingerprint density at radius 3 is 2.81 bits per heavy atom. The molecule has 90 valence electrons. The molecule has 1 aromatic rings. The van der Waals surface area contributed by atoms with Gasteiger partial charge in [-0.2, -0.15) is 4.98 Å². The quantitative estimate of drug-likeness (QED) is 0.830. The Morgan fingerprint density at radius 2 is 2.25 bits per heavy atom. The summed E-state index contributed by atoms with van der Waals surface area (Å²) in [5, 5.41) is 4.06. The first-order valence-corrected chi connectivity index (χ1v) is 6.05. The van der Waals surface area contributed by atoms with Gasteiger partial charge in [0.15, 0.2) is 5.82 Å².